The van der Waals surface area contributed by atoms with E-state index in [-0.39, 0.29) is 5.91 Å². The third-order valence-corrected chi connectivity index (χ3v) is 4.50. The van der Waals surface area contributed by atoms with Crippen LogP contribution < -0.4 is 0 Å². The zero-order chi connectivity index (χ0) is 18.8. The predicted molar refractivity (Wildman–Crippen MR) is 104 cm³/mol. The van der Waals surface area contributed by atoms with Gasteiger partial charge in [-0.2, -0.15) is 5.10 Å². The van der Waals surface area contributed by atoms with E-state index in [2.05, 4.69) is 21.1 Å². The Morgan fingerprint density at radius 2 is 2.07 bits per heavy atom. The number of hydrogen-bond donors (Lipinski definition) is 1. The second kappa shape index (κ2) is 7.07. The number of nitrogens with one attached hydrogen (secondary N) is 1. The number of carbonyl (C=O) groups is 1. The summed E-state index contributed by atoms with van der Waals surface area (Å²) < 4.78 is 1.84. The third-order valence-electron chi connectivity index (χ3n) is 4.50. The number of hydrogen-bond acceptors (Lipinski definition) is 3. The Kier molecular flexibility index (Phi) is 4.46. The number of aryl methyl sites for hydroxylation is 1. The zero-order valence-electron chi connectivity index (χ0n) is 15.4. The molecule has 0 saturated heterocycles. The van der Waals surface area contributed by atoms with Crippen LogP contribution in [0, 0.1) is 6.92 Å². The van der Waals surface area contributed by atoms with E-state index in [1.165, 1.54) is 5.56 Å². The molecule has 6 heteroatoms. The Labute approximate surface area is 157 Å². The van der Waals surface area contributed by atoms with E-state index < -0.39 is 0 Å². The molecule has 0 atom stereocenters. The first-order valence-electron chi connectivity index (χ1n) is 8.85. The minimum Gasteiger partial charge on any atom is -0.340 e. The van der Waals surface area contributed by atoms with Crippen LogP contribution in [0.4, 0.5) is 0 Å². The van der Waals surface area contributed by atoms with Gasteiger partial charge in [-0.15, -0.1) is 0 Å². The molecule has 1 amide bonds. The average molecular weight is 359 g/mol. The number of carbonyl (C=O) groups excluding carboxylic acids is 1. The minimum absolute atomic E-state index is 0.0334. The summed E-state index contributed by atoms with van der Waals surface area (Å²) in [6, 6.07) is 15.6. The molecular weight excluding hydrogens is 338 g/mol. The molecule has 6 nitrogen and oxygen atoms in total. The van der Waals surface area contributed by atoms with E-state index in [0.717, 1.165) is 22.4 Å². The molecule has 136 valence electrons. The molecule has 0 unspecified atom stereocenters. The van der Waals surface area contributed by atoms with Gasteiger partial charge in [-0.3, -0.25) is 9.48 Å². The Hall–Kier alpha value is -3.41. The predicted octanol–water partition coefficient (Wildman–Crippen LogP) is 3.39. The van der Waals surface area contributed by atoms with Crippen molar-refractivity contribution in [1.29, 1.82) is 0 Å². The molecule has 0 saturated carbocycles. The van der Waals surface area contributed by atoms with Gasteiger partial charge in [-0.25, -0.2) is 4.98 Å². The number of imidazole rings is 1. The maximum Gasteiger partial charge on any atom is 0.254 e. The molecule has 4 aromatic rings. The van der Waals surface area contributed by atoms with Gasteiger partial charge in [-0.1, -0.05) is 18.2 Å². The van der Waals surface area contributed by atoms with Gasteiger partial charge in [0.1, 0.15) is 5.82 Å². The largest absolute Gasteiger partial charge is 0.340 e. The van der Waals surface area contributed by atoms with Crippen molar-refractivity contribution in [3.63, 3.8) is 0 Å². The van der Waals surface area contributed by atoms with Crippen LogP contribution in [-0.2, 0) is 13.1 Å². The molecule has 4 rings (SSSR count). The lowest BCUT2D eigenvalue weighted by Gasteiger charge is -2.16. The van der Waals surface area contributed by atoms with Gasteiger partial charge in [-0.05, 0) is 48.4 Å². The van der Waals surface area contributed by atoms with E-state index >= 15 is 0 Å². The van der Waals surface area contributed by atoms with Gasteiger partial charge < -0.3 is 9.88 Å². The summed E-state index contributed by atoms with van der Waals surface area (Å²) in [5.41, 5.74) is 4.78. The van der Waals surface area contributed by atoms with Crippen LogP contribution in [0.15, 0.2) is 60.9 Å². The quantitative estimate of drug-likeness (QED) is 0.594. The molecule has 0 aliphatic rings. The van der Waals surface area contributed by atoms with Crippen LogP contribution in [0.1, 0.15) is 27.3 Å². The first kappa shape index (κ1) is 17.0. The molecule has 1 N–H and O–H groups in total. The summed E-state index contributed by atoms with van der Waals surface area (Å²) in [6.07, 6.45) is 3.65. The molecule has 0 spiro atoms. The molecule has 0 aliphatic heterocycles. The smallest absolute Gasteiger partial charge is 0.254 e. The first-order valence-corrected chi connectivity index (χ1v) is 8.85. The van der Waals surface area contributed by atoms with Gasteiger partial charge in [0.25, 0.3) is 5.91 Å². The third kappa shape index (κ3) is 3.74. The Balaban J connectivity index is 1.49. The van der Waals surface area contributed by atoms with Crippen molar-refractivity contribution in [2.24, 2.45) is 0 Å². The fourth-order valence-corrected chi connectivity index (χ4v) is 3.15. The summed E-state index contributed by atoms with van der Waals surface area (Å²) in [5, 5.41) is 4.21. The van der Waals surface area contributed by atoms with Gasteiger partial charge in [0, 0.05) is 25.0 Å². The van der Waals surface area contributed by atoms with Gasteiger partial charge >= 0.3 is 0 Å². The molecule has 0 fully saturated rings. The highest BCUT2D eigenvalue weighted by Gasteiger charge is 2.14. The summed E-state index contributed by atoms with van der Waals surface area (Å²) in [6.45, 7) is 3.11. The van der Waals surface area contributed by atoms with Gasteiger partial charge in [0.2, 0.25) is 0 Å². The lowest BCUT2D eigenvalue weighted by molar-refractivity contribution is 0.0782. The monoisotopic (exact) mass is 359 g/mol. The Morgan fingerprint density at radius 3 is 2.89 bits per heavy atom. The highest BCUT2D eigenvalue weighted by atomic mass is 16.2. The maximum atomic E-state index is 12.8. The average Bonchev–Trinajstić information content (AvgIpc) is 3.30. The fraction of sp³-hybridized carbons (Fsp3) is 0.190. The van der Waals surface area contributed by atoms with Crippen LogP contribution >= 0.6 is 0 Å². The zero-order valence-corrected chi connectivity index (χ0v) is 15.4. The molecule has 0 aliphatic carbocycles. The van der Waals surface area contributed by atoms with E-state index in [9.17, 15) is 4.79 Å². The minimum atomic E-state index is -0.0334. The number of fused-ring (bicyclic) bond motifs is 1. The van der Waals surface area contributed by atoms with E-state index in [4.69, 9.17) is 0 Å². The number of amides is 1. The Bertz CT molecular complexity index is 1080. The summed E-state index contributed by atoms with van der Waals surface area (Å²) >= 11 is 0. The van der Waals surface area contributed by atoms with E-state index in [0.29, 0.717) is 18.7 Å². The van der Waals surface area contributed by atoms with Crippen molar-refractivity contribution in [1.82, 2.24) is 24.6 Å². The lowest BCUT2D eigenvalue weighted by Crippen LogP contribution is -2.26. The van der Waals surface area contributed by atoms with Gasteiger partial charge in [0.05, 0.1) is 24.1 Å². The molecular formula is C21H21N5O. The standard InChI is InChI=1S/C21H21N5O/c1-15-7-8-18-19(11-15)24-20(23-18)14-25(2)21(27)17-6-3-5-16(12-17)13-26-10-4-9-22-26/h3-12H,13-14H2,1-2H3,(H,23,24). The molecule has 27 heavy (non-hydrogen) atoms. The second-order valence-electron chi connectivity index (χ2n) is 6.77. The SMILES string of the molecule is Cc1ccc2nc(CN(C)C(=O)c3cccc(Cn4cccn4)c3)[nH]c2c1. The van der Waals surface area contributed by atoms with Crippen molar-refractivity contribution >= 4 is 16.9 Å². The number of aromatic amines is 1. The van der Waals surface area contributed by atoms with Crippen molar-refractivity contribution in [2.75, 3.05) is 7.05 Å². The van der Waals surface area contributed by atoms with Crippen LogP contribution in [0.3, 0.4) is 0 Å². The van der Waals surface area contributed by atoms with Crippen molar-refractivity contribution in [2.45, 2.75) is 20.0 Å². The molecule has 2 aromatic carbocycles. The highest BCUT2D eigenvalue weighted by Crippen LogP contribution is 2.15. The maximum absolute atomic E-state index is 12.8. The van der Waals surface area contributed by atoms with Crippen molar-refractivity contribution < 1.29 is 4.79 Å². The van der Waals surface area contributed by atoms with Crippen LogP contribution in [0.5, 0.6) is 0 Å². The normalized spacial score (nSPS) is 11.0. The summed E-state index contributed by atoms with van der Waals surface area (Å²) in [5.74, 6) is 0.744. The van der Waals surface area contributed by atoms with Gasteiger partial charge in [0.15, 0.2) is 0 Å². The van der Waals surface area contributed by atoms with Crippen LogP contribution in [-0.4, -0.2) is 37.6 Å². The molecule has 2 aromatic heterocycles. The topological polar surface area (TPSA) is 66.8 Å². The summed E-state index contributed by atoms with van der Waals surface area (Å²) in [7, 11) is 1.79. The fourth-order valence-electron chi connectivity index (χ4n) is 3.15. The number of nitrogens with zero attached hydrogens (tertiary/aromatic N) is 4. The number of rotatable bonds is 5. The van der Waals surface area contributed by atoms with Crippen LogP contribution in [0.2, 0.25) is 0 Å². The van der Waals surface area contributed by atoms with Crippen LogP contribution in [0.25, 0.3) is 11.0 Å². The van der Waals surface area contributed by atoms with Crippen molar-refractivity contribution in [3.8, 4) is 0 Å². The number of H-pyrrole nitrogens is 1. The first-order chi connectivity index (χ1) is 13.1. The highest BCUT2D eigenvalue weighted by molar-refractivity contribution is 5.94. The molecule has 0 bridgehead atoms. The summed E-state index contributed by atoms with van der Waals surface area (Å²) in [4.78, 5) is 22.4. The molecule has 0 radical (unpaired) electrons. The lowest BCUT2D eigenvalue weighted by atomic mass is 10.1. The van der Waals surface area contributed by atoms with E-state index in [1.54, 1.807) is 18.1 Å². The molecule has 2 heterocycles. The number of aromatic nitrogens is 4. The second-order valence-corrected chi connectivity index (χ2v) is 6.77. The Morgan fingerprint density at radius 1 is 1.19 bits per heavy atom. The van der Waals surface area contributed by atoms with E-state index in [1.807, 2.05) is 60.3 Å². The number of benzene rings is 2. The van der Waals surface area contributed by atoms with Crippen molar-refractivity contribution in [3.05, 3.63) is 83.4 Å².